The second-order valence-corrected chi connectivity index (χ2v) is 4.23. The van der Waals surface area contributed by atoms with Crippen molar-refractivity contribution in [3.05, 3.63) is 11.4 Å². The average molecular weight is 223 g/mol. The summed E-state index contributed by atoms with van der Waals surface area (Å²) < 4.78 is 6.70. The first-order chi connectivity index (χ1) is 7.63. The van der Waals surface area contributed by atoms with E-state index in [9.17, 15) is 4.79 Å². The van der Waals surface area contributed by atoms with Gasteiger partial charge in [-0.1, -0.05) is 6.92 Å². The van der Waals surface area contributed by atoms with Crippen LogP contribution in [-0.4, -0.2) is 22.4 Å². The molecular weight excluding hydrogens is 206 g/mol. The number of nitrogens with two attached hydrogens (primary N) is 1. The summed E-state index contributed by atoms with van der Waals surface area (Å²) in [5, 5.41) is 4.18. The fraction of sp³-hybridized carbons (Fsp3) is 0.636. The number of carbonyl (C=O) groups is 1. The standard InChI is InChI=1S/C11H17N3O2/c1-3-8-9(12)10(14(2)13-8)11(15)16-6-7-4-5-7/h7H,3-6,12H2,1-2H3. The smallest absolute Gasteiger partial charge is 0.358 e. The highest BCUT2D eigenvalue weighted by Gasteiger charge is 2.26. The lowest BCUT2D eigenvalue weighted by Gasteiger charge is -2.04. The highest BCUT2D eigenvalue weighted by atomic mass is 16.5. The molecule has 0 saturated heterocycles. The van der Waals surface area contributed by atoms with Crippen LogP contribution in [0.5, 0.6) is 0 Å². The molecule has 1 heterocycles. The van der Waals surface area contributed by atoms with Crippen molar-refractivity contribution >= 4 is 11.7 Å². The Hall–Kier alpha value is -1.52. The lowest BCUT2D eigenvalue weighted by molar-refractivity contribution is 0.0474. The second kappa shape index (κ2) is 4.15. The van der Waals surface area contributed by atoms with Gasteiger partial charge in [0, 0.05) is 7.05 Å². The molecule has 1 saturated carbocycles. The molecule has 1 aromatic heterocycles. The van der Waals surface area contributed by atoms with Crippen LogP contribution < -0.4 is 5.73 Å². The Morgan fingerprint density at radius 2 is 2.31 bits per heavy atom. The molecule has 0 aromatic carbocycles. The predicted octanol–water partition coefficient (Wildman–Crippen LogP) is 1.13. The summed E-state index contributed by atoms with van der Waals surface area (Å²) in [6, 6.07) is 0. The summed E-state index contributed by atoms with van der Waals surface area (Å²) >= 11 is 0. The number of ether oxygens (including phenoxy) is 1. The minimum absolute atomic E-state index is 0.362. The highest BCUT2D eigenvalue weighted by molar-refractivity contribution is 5.93. The van der Waals surface area contributed by atoms with Crippen LogP contribution in [0.1, 0.15) is 35.9 Å². The van der Waals surface area contributed by atoms with Crippen molar-refractivity contribution in [2.75, 3.05) is 12.3 Å². The van der Waals surface area contributed by atoms with Crippen LogP contribution in [0.3, 0.4) is 0 Å². The van der Waals surface area contributed by atoms with Crippen molar-refractivity contribution in [2.24, 2.45) is 13.0 Å². The molecule has 2 N–H and O–H groups in total. The molecule has 5 heteroatoms. The molecule has 88 valence electrons. The van der Waals surface area contributed by atoms with Crippen molar-refractivity contribution in [3.63, 3.8) is 0 Å². The average Bonchev–Trinajstić information content (AvgIpc) is 3.02. The van der Waals surface area contributed by atoms with Gasteiger partial charge in [0.25, 0.3) is 0 Å². The predicted molar refractivity (Wildman–Crippen MR) is 60.0 cm³/mol. The van der Waals surface area contributed by atoms with Crippen LogP contribution in [0, 0.1) is 5.92 Å². The molecule has 0 radical (unpaired) electrons. The molecule has 0 spiro atoms. The van der Waals surface area contributed by atoms with E-state index in [1.807, 2.05) is 6.92 Å². The summed E-state index contributed by atoms with van der Waals surface area (Å²) in [6.45, 7) is 2.46. The van der Waals surface area contributed by atoms with Gasteiger partial charge in [0.1, 0.15) is 0 Å². The molecule has 2 rings (SSSR count). The zero-order valence-corrected chi connectivity index (χ0v) is 9.69. The van der Waals surface area contributed by atoms with Crippen LogP contribution >= 0.6 is 0 Å². The van der Waals surface area contributed by atoms with E-state index in [1.165, 1.54) is 4.68 Å². The van der Waals surface area contributed by atoms with E-state index in [0.29, 0.717) is 23.9 Å². The first kappa shape index (κ1) is 11.0. The number of aryl methyl sites for hydroxylation is 2. The number of hydrogen-bond acceptors (Lipinski definition) is 4. The van der Waals surface area contributed by atoms with Crippen LogP contribution in [-0.2, 0) is 18.2 Å². The number of carbonyl (C=O) groups excluding carboxylic acids is 1. The molecule has 1 aliphatic rings. The zero-order valence-electron chi connectivity index (χ0n) is 9.69. The summed E-state index contributed by atoms with van der Waals surface area (Å²) in [5.74, 6) is 0.197. The number of hydrogen-bond donors (Lipinski definition) is 1. The largest absolute Gasteiger partial charge is 0.461 e. The Labute approximate surface area is 94.6 Å². The van der Waals surface area contributed by atoms with Gasteiger partial charge in [-0.25, -0.2) is 4.79 Å². The van der Waals surface area contributed by atoms with Gasteiger partial charge in [-0.3, -0.25) is 4.68 Å². The Balaban J connectivity index is 2.11. The maximum Gasteiger partial charge on any atom is 0.358 e. The number of nitrogen functional groups attached to an aromatic ring is 1. The fourth-order valence-electron chi connectivity index (χ4n) is 1.65. The number of rotatable bonds is 4. The summed E-state index contributed by atoms with van der Waals surface area (Å²) in [6.07, 6.45) is 3.04. The van der Waals surface area contributed by atoms with Gasteiger partial charge in [0.15, 0.2) is 5.69 Å². The molecule has 0 amide bonds. The minimum atomic E-state index is -0.362. The Kier molecular flexibility index (Phi) is 2.85. The van der Waals surface area contributed by atoms with Crippen LogP contribution in [0.25, 0.3) is 0 Å². The third-order valence-electron chi connectivity index (χ3n) is 2.84. The van der Waals surface area contributed by atoms with Gasteiger partial charge in [-0.15, -0.1) is 0 Å². The summed E-state index contributed by atoms with van der Waals surface area (Å²) in [4.78, 5) is 11.8. The molecule has 0 bridgehead atoms. The minimum Gasteiger partial charge on any atom is -0.461 e. The third-order valence-corrected chi connectivity index (χ3v) is 2.84. The number of esters is 1. The first-order valence-corrected chi connectivity index (χ1v) is 5.62. The molecule has 0 atom stereocenters. The maximum atomic E-state index is 11.8. The van der Waals surface area contributed by atoms with Crippen molar-refractivity contribution in [3.8, 4) is 0 Å². The normalized spacial score (nSPS) is 15.1. The van der Waals surface area contributed by atoms with E-state index in [1.54, 1.807) is 7.05 Å². The molecule has 0 aliphatic heterocycles. The SMILES string of the molecule is CCc1nn(C)c(C(=O)OCC2CC2)c1N. The molecule has 1 fully saturated rings. The summed E-state index contributed by atoms with van der Waals surface area (Å²) in [5.41, 5.74) is 7.43. The van der Waals surface area contributed by atoms with Gasteiger partial charge < -0.3 is 10.5 Å². The lowest BCUT2D eigenvalue weighted by Crippen LogP contribution is -2.14. The zero-order chi connectivity index (χ0) is 11.7. The second-order valence-electron chi connectivity index (χ2n) is 4.23. The summed E-state index contributed by atoms with van der Waals surface area (Å²) in [7, 11) is 1.71. The van der Waals surface area contributed by atoms with Gasteiger partial charge in [0.05, 0.1) is 18.0 Å². The van der Waals surface area contributed by atoms with Crippen LogP contribution in [0.2, 0.25) is 0 Å². The van der Waals surface area contributed by atoms with E-state index < -0.39 is 0 Å². The van der Waals surface area contributed by atoms with Gasteiger partial charge in [0.2, 0.25) is 0 Å². The molecular formula is C11H17N3O2. The third kappa shape index (κ3) is 2.03. The van der Waals surface area contributed by atoms with E-state index in [2.05, 4.69) is 5.10 Å². The van der Waals surface area contributed by atoms with Crippen LogP contribution in [0.4, 0.5) is 5.69 Å². The molecule has 5 nitrogen and oxygen atoms in total. The van der Waals surface area contributed by atoms with Gasteiger partial charge in [-0.05, 0) is 25.2 Å². The Morgan fingerprint density at radius 3 is 2.81 bits per heavy atom. The Morgan fingerprint density at radius 1 is 1.62 bits per heavy atom. The van der Waals surface area contributed by atoms with Gasteiger partial charge >= 0.3 is 5.97 Å². The first-order valence-electron chi connectivity index (χ1n) is 5.62. The number of anilines is 1. The monoisotopic (exact) mass is 223 g/mol. The quantitative estimate of drug-likeness (QED) is 0.777. The van der Waals surface area contributed by atoms with E-state index in [4.69, 9.17) is 10.5 Å². The lowest BCUT2D eigenvalue weighted by atomic mass is 10.2. The molecule has 0 unspecified atom stereocenters. The van der Waals surface area contributed by atoms with Crippen molar-refractivity contribution < 1.29 is 9.53 Å². The fourth-order valence-corrected chi connectivity index (χ4v) is 1.65. The number of aromatic nitrogens is 2. The van der Waals surface area contributed by atoms with Crippen LogP contribution in [0.15, 0.2) is 0 Å². The topological polar surface area (TPSA) is 70.1 Å². The maximum absolute atomic E-state index is 11.8. The van der Waals surface area contributed by atoms with E-state index in [-0.39, 0.29) is 5.97 Å². The highest BCUT2D eigenvalue weighted by Crippen LogP contribution is 2.29. The van der Waals surface area contributed by atoms with Crippen molar-refractivity contribution in [1.82, 2.24) is 9.78 Å². The van der Waals surface area contributed by atoms with Gasteiger partial charge in [-0.2, -0.15) is 5.10 Å². The molecule has 1 aromatic rings. The Bertz CT molecular complexity index is 408. The van der Waals surface area contributed by atoms with Crippen molar-refractivity contribution in [1.29, 1.82) is 0 Å². The van der Waals surface area contributed by atoms with E-state index in [0.717, 1.165) is 25.0 Å². The van der Waals surface area contributed by atoms with Crippen molar-refractivity contribution in [2.45, 2.75) is 26.2 Å². The molecule has 1 aliphatic carbocycles. The number of nitrogens with zero attached hydrogens (tertiary/aromatic N) is 2. The molecule has 16 heavy (non-hydrogen) atoms. The van der Waals surface area contributed by atoms with E-state index >= 15 is 0 Å².